The standard InChI is InChI=1S/C10H21NS/c1-8(11)9(2)12-10-6-4-3-5-7-10/h8-10H,3-7,11H2,1-2H3. The molecule has 1 saturated carbocycles. The largest absolute Gasteiger partial charge is 0.327 e. The average molecular weight is 187 g/mol. The van der Waals surface area contributed by atoms with E-state index in [4.69, 9.17) is 5.73 Å². The van der Waals surface area contributed by atoms with Gasteiger partial charge in [-0.2, -0.15) is 11.8 Å². The van der Waals surface area contributed by atoms with Crippen LogP contribution in [0.15, 0.2) is 0 Å². The van der Waals surface area contributed by atoms with Crippen LogP contribution in [0.5, 0.6) is 0 Å². The highest BCUT2D eigenvalue weighted by Gasteiger charge is 2.18. The molecular weight excluding hydrogens is 166 g/mol. The van der Waals surface area contributed by atoms with Gasteiger partial charge in [-0.15, -0.1) is 0 Å². The van der Waals surface area contributed by atoms with Crippen molar-refractivity contribution in [3.05, 3.63) is 0 Å². The molecule has 0 aliphatic heterocycles. The molecule has 1 fully saturated rings. The second kappa shape index (κ2) is 5.13. The average Bonchev–Trinajstić information content (AvgIpc) is 2.06. The van der Waals surface area contributed by atoms with Gasteiger partial charge in [-0.3, -0.25) is 0 Å². The van der Waals surface area contributed by atoms with Crippen molar-refractivity contribution < 1.29 is 0 Å². The van der Waals surface area contributed by atoms with Crippen LogP contribution in [-0.2, 0) is 0 Å². The predicted molar refractivity (Wildman–Crippen MR) is 57.6 cm³/mol. The van der Waals surface area contributed by atoms with Crippen LogP contribution in [0.1, 0.15) is 46.0 Å². The summed E-state index contributed by atoms with van der Waals surface area (Å²) >= 11 is 2.10. The molecule has 0 spiro atoms. The Morgan fingerprint density at radius 1 is 1.17 bits per heavy atom. The minimum Gasteiger partial charge on any atom is -0.327 e. The van der Waals surface area contributed by atoms with Crippen molar-refractivity contribution in [2.75, 3.05) is 0 Å². The van der Waals surface area contributed by atoms with Crippen LogP contribution in [0.25, 0.3) is 0 Å². The van der Waals surface area contributed by atoms with E-state index in [0.29, 0.717) is 11.3 Å². The molecule has 0 saturated heterocycles. The minimum atomic E-state index is 0.344. The van der Waals surface area contributed by atoms with E-state index in [1.807, 2.05) is 0 Å². The Bertz CT molecular complexity index is 119. The summed E-state index contributed by atoms with van der Waals surface area (Å²) in [6, 6.07) is 0.344. The topological polar surface area (TPSA) is 26.0 Å². The van der Waals surface area contributed by atoms with Crippen LogP contribution in [0, 0.1) is 0 Å². The van der Waals surface area contributed by atoms with Gasteiger partial charge in [-0.25, -0.2) is 0 Å². The third-order valence-corrected chi connectivity index (χ3v) is 4.41. The van der Waals surface area contributed by atoms with Crippen LogP contribution in [-0.4, -0.2) is 16.5 Å². The fourth-order valence-electron chi connectivity index (χ4n) is 1.63. The molecule has 0 aromatic heterocycles. The van der Waals surface area contributed by atoms with Crippen LogP contribution in [0.3, 0.4) is 0 Å². The summed E-state index contributed by atoms with van der Waals surface area (Å²) in [5, 5.41) is 1.54. The third-order valence-electron chi connectivity index (χ3n) is 2.70. The molecule has 1 nitrogen and oxygen atoms in total. The Hall–Kier alpha value is 0.310. The first-order valence-electron chi connectivity index (χ1n) is 5.11. The van der Waals surface area contributed by atoms with Gasteiger partial charge in [0, 0.05) is 16.5 Å². The highest BCUT2D eigenvalue weighted by molar-refractivity contribution is 8.00. The lowest BCUT2D eigenvalue weighted by Crippen LogP contribution is -2.28. The lowest BCUT2D eigenvalue weighted by molar-refractivity contribution is 0.513. The molecule has 2 N–H and O–H groups in total. The van der Waals surface area contributed by atoms with Gasteiger partial charge in [0.15, 0.2) is 0 Å². The molecular formula is C10H21NS. The van der Waals surface area contributed by atoms with Gasteiger partial charge in [-0.1, -0.05) is 26.2 Å². The molecule has 0 aromatic carbocycles. The van der Waals surface area contributed by atoms with Crippen LogP contribution in [0.2, 0.25) is 0 Å². The molecule has 0 aromatic rings. The Labute approximate surface area is 80.5 Å². The molecule has 0 heterocycles. The molecule has 0 amide bonds. The molecule has 2 atom stereocenters. The lowest BCUT2D eigenvalue weighted by Gasteiger charge is -2.25. The Kier molecular flexibility index (Phi) is 4.44. The molecule has 0 bridgehead atoms. The van der Waals surface area contributed by atoms with Crippen molar-refractivity contribution in [2.45, 2.75) is 62.5 Å². The number of nitrogens with two attached hydrogens (primary N) is 1. The summed E-state index contributed by atoms with van der Waals surface area (Å²) in [7, 11) is 0. The van der Waals surface area contributed by atoms with E-state index in [1.165, 1.54) is 32.1 Å². The van der Waals surface area contributed by atoms with Crippen molar-refractivity contribution in [3.63, 3.8) is 0 Å². The Morgan fingerprint density at radius 2 is 1.75 bits per heavy atom. The van der Waals surface area contributed by atoms with E-state index in [9.17, 15) is 0 Å². The monoisotopic (exact) mass is 187 g/mol. The third kappa shape index (κ3) is 3.36. The fourth-order valence-corrected chi connectivity index (χ4v) is 3.09. The molecule has 2 unspecified atom stereocenters. The second-order valence-electron chi connectivity index (χ2n) is 3.96. The molecule has 1 rings (SSSR count). The quantitative estimate of drug-likeness (QED) is 0.735. The highest BCUT2D eigenvalue weighted by Crippen LogP contribution is 2.31. The SMILES string of the molecule is CC(N)C(C)SC1CCCCC1. The number of rotatable bonds is 3. The Morgan fingerprint density at radius 3 is 2.25 bits per heavy atom. The zero-order valence-corrected chi connectivity index (χ0v) is 9.07. The van der Waals surface area contributed by atoms with Crippen molar-refractivity contribution in [1.82, 2.24) is 0 Å². The van der Waals surface area contributed by atoms with E-state index in [-0.39, 0.29) is 0 Å². The molecule has 2 heteroatoms. The van der Waals surface area contributed by atoms with E-state index in [1.54, 1.807) is 0 Å². The first-order chi connectivity index (χ1) is 5.70. The Balaban J connectivity index is 2.20. The summed E-state index contributed by atoms with van der Waals surface area (Å²) in [6.07, 6.45) is 7.15. The van der Waals surface area contributed by atoms with Crippen LogP contribution >= 0.6 is 11.8 Å². The van der Waals surface area contributed by atoms with Crippen molar-refractivity contribution in [3.8, 4) is 0 Å². The van der Waals surface area contributed by atoms with Crippen LogP contribution in [0.4, 0.5) is 0 Å². The van der Waals surface area contributed by atoms with Gasteiger partial charge in [0.2, 0.25) is 0 Å². The molecule has 1 aliphatic rings. The maximum absolute atomic E-state index is 5.83. The van der Waals surface area contributed by atoms with Gasteiger partial charge in [0.05, 0.1) is 0 Å². The molecule has 12 heavy (non-hydrogen) atoms. The van der Waals surface area contributed by atoms with E-state index < -0.39 is 0 Å². The second-order valence-corrected chi connectivity index (χ2v) is 5.64. The number of thioether (sulfide) groups is 1. The van der Waals surface area contributed by atoms with Gasteiger partial charge < -0.3 is 5.73 Å². The first kappa shape index (κ1) is 10.4. The van der Waals surface area contributed by atoms with Crippen molar-refractivity contribution in [2.24, 2.45) is 5.73 Å². The summed E-state index contributed by atoms with van der Waals surface area (Å²) in [6.45, 7) is 4.37. The van der Waals surface area contributed by atoms with E-state index in [2.05, 4.69) is 25.6 Å². The summed E-state index contributed by atoms with van der Waals surface area (Å²) in [5.41, 5.74) is 5.83. The summed E-state index contributed by atoms with van der Waals surface area (Å²) in [5.74, 6) is 0. The van der Waals surface area contributed by atoms with E-state index in [0.717, 1.165) is 5.25 Å². The number of hydrogen-bond donors (Lipinski definition) is 1. The minimum absolute atomic E-state index is 0.344. The molecule has 72 valence electrons. The van der Waals surface area contributed by atoms with Crippen molar-refractivity contribution >= 4 is 11.8 Å². The fraction of sp³-hybridized carbons (Fsp3) is 1.00. The molecule has 0 radical (unpaired) electrons. The predicted octanol–water partition coefficient (Wildman–Crippen LogP) is 2.79. The zero-order valence-electron chi connectivity index (χ0n) is 8.25. The van der Waals surface area contributed by atoms with Gasteiger partial charge in [0.25, 0.3) is 0 Å². The zero-order chi connectivity index (χ0) is 8.97. The smallest absolute Gasteiger partial charge is 0.0170 e. The summed E-state index contributed by atoms with van der Waals surface area (Å²) in [4.78, 5) is 0. The maximum atomic E-state index is 5.83. The maximum Gasteiger partial charge on any atom is 0.0170 e. The normalized spacial score (nSPS) is 25.2. The van der Waals surface area contributed by atoms with Gasteiger partial charge >= 0.3 is 0 Å². The van der Waals surface area contributed by atoms with Gasteiger partial charge in [-0.05, 0) is 19.8 Å². The molecule has 1 aliphatic carbocycles. The van der Waals surface area contributed by atoms with Gasteiger partial charge in [0.1, 0.15) is 0 Å². The van der Waals surface area contributed by atoms with E-state index >= 15 is 0 Å². The van der Waals surface area contributed by atoms with Crippen LogP contribution < -0.4 is 5.73 Å². The summed E-state index contributed by atoms with van der Waals surface area (Å²) < 4.78 is 0. The lowest BCUT2D eigenvalue weighted by atomic mass is 10.0. The number of hydrogen-bond acceptors (Lipinski definition) is 2. The highest BCUT2D eigenvalue weighted by atomic mass is 32.2. The first-order valence-corrected chi connectivity index (χ1v) is 6.05. The van der Waals surface area contributed by atoms with Crippen molar-refractivity contribution in [1.29, 1.82) is 0 Å².